The summed E-state index contributed by atoms with van der Waals surface area (Å²) >= 11 is 0. The minimum Gasteiger partial charge on any atom is -0.343 e. The van der Waals surface area contributed by atoms with Gasteiger partial charge in [-0.05, 0) is 112 Å². The largest absolute Gasteiger partial charge is 0.343 e. The van der Waals surface area contributed by atoms with Gasteiger partial charge in [0, 0.05) is 8.56 Å². The molecule has 1 spiro atoms. The topological polar surface area (TPSA) is 12.5 Å². The van der Waals surface area contributed by atoms with Crippen LogP contribution in [-0.4, -0.2) is 23.5 Å². The highest BCUT2D eigenvalue weighted by Gasteiger charge is 2.77. The molecule has 0 amide bonds. The van der Waals surface area contributed by atoms with Crippen LogP contribution in [0.5, 0.6) is 0 Å². The van der Waals surface area contributed by atoms with Crippen molar-refractivity contribution in [3.8, 4) is 36.0 Å². The minimum absolute atomic E-state index is 0. The molecule has 1 heterocycles. The van der Waals surface area contributed by atoms with Crippen LogP contribution in [0.3, 0.4) is 0 Å². The quantitative estimate of drug-likeness (QED) is 0.310. The predicted molar refractivity (Wildman–Crippen MR) is 138 cm³/mol. The fraction of sp³-hybridized carbons (Fsp3) is 0.793. The van der Waals surface area contributed by atoms with Gasteiger partial charge in [-0.2, -0.15) is 0 Å². The molecule has 3 heteroatoms. The summed E-state index contributed by atoms with van der Waals surface area (Å²) in [5.41, 5.74) is -2.52. The third-order valence-electron chi connectivity index (χ3n) is 9.26. The normalized spacial score (nSPS) is 45.7. The molecule has 0 aromatic carbocycles. The summed E-state index contributed by atoms with van der Waals surface area (Å²) < 4.78 is 36.3. The van der Waals surface area contributed by atoms with Crippen LogP contribution in [0.2, 0.25) is 0 Å². The Morgan fingerprint density at radius 2 is 1.38 bits per heavy atom. The van der Waals surface area contributed by atoms with Crippen molar-refractivity contribution in [2.45, 2.75) is 114 Å². The highest BCUT2D eigenvalue weighted by Crippen LogP contribution is 2.60. The lowest BCUT2D eigenvalue weighted by atomic mass is 9.63. The molecule has 32 heavy (non-hydrogen) atoms. The van der Waals surface area contributed by atoms with Gasteiger partial charge in [0.05, 0.1) is 0 Å². The number of hydrogen-bond acceptors (Lipinski definition) is 1. The first-order chi connectivity index (χ1) is 15.4. The van der Waals surface area contributed by atoms with Gasteiger partial charge in [0.15, 0.2) is 11.2 Å². The van der Waals surface area contributed by atoms with Crippen molar-refractivity contribution < 1.29 is 22.1 Å². The predicted octanol–water partition coefficient (Wildman–Crippen LogP) is 8.13. The molecule has 186 valence electrons. The van der Waals surface area contributed by atoms with E-state index in [0.29, 0.717) is 18.8 Å². The summed E-state index contributed by atoms with van der Waals surface area (Å²) in [6.07, 6.45) is 16.3. The Kier molecular flexibility index (Phi) is 7.23. The number of epoxide rings is 1. The molecular weight excluding hydrogens is 402 g/mol. The number of hydrogen-bond donors (Lipinski definition) is 0. The summed E-state index contributed by atoms with van der Waals surface area (Å²) in [5, 5.41) is 0. The zero-order chi connectivity index (χ0) is 22.8. The van der Waals surface area contributed by atoms with Crippen molar-refractivity contribution in [1.82, 2.24) is 0 Å². The Morgan fingerprint density at radius 1 is 0.844 bits per heavy atom. The van der Waals surface area contributed by atoms with Crippen molar-refractivity contribution in [3.63, 3.8) is 0 Å². The van der Waals surface area contributed by atoms with Gasteiger partial charge in [0.25, 0.3) is 0 Å². The van der Waals surface area contributed by atoms with Gasteiger partial charge in [-0.3, -0.25) is 0 Å². The van der Waals surface area contributed by atoms with Gasteiger partial charge in [0.2, 0.25) is 0 Å². The van der Waals surface area contributed by atoms with Crippen LogP contribution in [-0.2, 0) is 4.74 Å². The standard InChI is InChI=1S/C29H38F2O.6H2/c1-4-6-7-8-18-28(3)29(32-28)26(30)19-25(20-27(29)31)24-16-14-23(15-17-24)22-12-10-21(9-5-2)11-13-22;;;;;;/h1,21-27H,5,9-17,19-20H2,2-3H3;6*1H. The molecule has 1 aliphatic heterocycles. The second-order valence-corrected chi connectivity index (χ2v) is 11.0. The van der Waals surface area contributed by atoms with Crippen LogP contribution >= 0.6 is 0 Å². The molecule has 0 aromatic rings. The van der Waals surface area contributed by atoms with E-state index in [1.807, 2.05) is 0 Å². The lowest BCUT2D eigenvalue weighted by Crippen LogP contribution is -2.49. The Bertz CT molecular complexity index is 831. The average Bonchev–Trinajstić information content (AvgIpc) is 3.43. The SMILES string of the molecule is C#CC#CC#CC1(C)OC12C(F)CC(C1CCC(C3CCC(CCC)CC3)CC1)CC2F.[HH].[HH].[HH].[HH].[HH].[HH]. The molecule has 1 saturated heterocycles. The lowest BCUT2D eigenvalue weighted by molar-refractivity contribution is -0.0105. The minimum atomic E-state index is -1.41. The van der Waals surface area contributed by atoms with Crippen LogP contribution in [0.25, 0.3) is 0 Å². The van der Waals surface area contributed by atoms with E-state index in [4.69, 9.17) is 11.2 Å². The highest BCUT2D eigenvalue weighted by atomic mass is 19.1. The monoisotopic (exact) mass is 452 g/mol. The highest BCUT2D eigenvalue weighted by molar-refractivity contribution is 5.42. The number of alkyl halides is 2. The van der Waals surface area contributed by atoms with Crippen molar-refractivity contribution in [1.29, 1.82) is 0 Å². The summed E-state index contributed by atoms with van der Waals surface area (Å²) in [6, 6.07) is 0. The molecule has 1 nitrogen and oxygen atoms in total. The van der Waals surface area contributed by atoms with Crippen molar-refractivity contribution in [3.05, 3.63) is 0 Å². The van der Waals surface area contributed by atoms with Crippen LogP contribution in [0, 0.1) is 65.6 Å². The molecule has 0 bridgehead atoms. The zero-order valence-electron chi connectivity index (χ0n) is 19.8. The summed E-state index contributed by atoms with van der Waals surface area (Å²) in [5.74, 6) is 15.8. The first-order valence-corrected chi connectivity index (χ1v) is 12.9. The third kappa shape index (κ3) is 4.46. The van der Waals surface area contributed by atoms with Crippen molar-refractivity contribution in [2.75, 3.05) is 0 Å². The molecule has 0 N–H and O–H groups in total. The van der Waals surface area contributed by atoms with E-state index in [9.17, 15) is 0 Å². The van der Waals surface area contributed by atoms with Gasteiger partial charge in [-0.25, -0.2) is 8.78 Å². The van der Waals surface area contributed by atoms with Gasteiger partial charge in [-0.15, -0.1) is 6.42 Å². The van der Waals surface area contributed by atoms with Gasteiger partial charge < -0.3 is 4.74 Å². The molecule has 4 rings (SSSR count). The molecule has 4 fully saturated rings. The Balaban J connectivity index is -0.00000204. The number of rotatable bonds is 4. The van der Waals surface area contributed by atoms with Gasteiger partial charge >= 0.3 is 0 Å². The lowest BCUT2D eigenvalue weighted by Gasteiger charge is -2.42. The number of halogens is 2. The fourth-order valence-corrected chi connectivity index (χ4v) is 7.38. The second kappa shape index (κ2) is 9.78. The summed E-state index contributed by atoms with van der Waals surface area (Å²) in [7, 11) is 0. The molecular formula is C29H50F2O. The summed E-state index contributed by atoms with van der Waals surface area (Å²) in [4.78, 5) is 0. The Hall–Kier alpha value is -1.50. The van der Waals surface area contributed by atoms with E-state index < -0.39 is 23.5 Å². The van der Waals surface area contributed by atoms with Gasteiger partial charge in [0.1, 0.15) is 12.3 Å². The summed E-state index contributed by atoms with van der Waals surface area (Å²) in [6.45, 7) is 3.97. The maximum atomic E-state index is 15.3. The molecule has 0 radical (unpaired) electrons. The number of terminal acetylenes is 1. The second-order valence-electron chi connectivity index (χ2n) is 11.0. The first kappa shape index (κ1) is 23.7. The number of ether oxygens (including phenoxy) is 1. The maximum absolute atomic E-state index is 15.3. The van der Waals surface area contributed by atoms with E-state index in [2.05, 4.69) is 36.5 Å². The average molecular weight is 453 g/mol. The first-order valence-electron chi connectivity index (χ1n) is 12.9. The zero-order valence-corrected chi connectivity index (χ0v) is 19.8. The van der Waals surface area contributed by atoms with Crippen molar-refractivity contribution in [2.24, 2.45) is 29.6 Å². The molecule has 0 aromatic heterocycles. The van der Waals surface area contributed by atoms with E-state index in [1.165, 1.54) is 51.4 Å². The van der Waals surface area contributed by atoms with Crippen LogP contribution < -0.4 is 0 Å². The molecule has 3 atom stereocenters. The fourth-order valence-electron chi connectivity index (χ4n) is 7.38. The van der Waals surface area contributed by atoms with Crippen LogP contribution in [0.15, 0.2) is 0 Å². The van der Waals surface area contributed by atoms with E-state index in [1.54, 1.807) is 6.92 Å². The van der Waals surface area contributed by atoms with Crippen LogP contribution in [0.1, 0.15) is 99.5 Å². The molecule has 3 saturated carbocycles. The third-order valence-corrected chi connectivity index (χ3v) is 9.26. The van der Waals surface area contributed by atoms with Crippen molar-refractivity contribution >= 4 is 0 Å². The smallest absolute Gasteiger partial charge is 0.172 e. The van der Waals surface area contributed by atoms with E-state index in [-0.39, 0.29) is 14.5 Å². The molecule has 3 unspecified atom stereocenters. The Labute approximate surface area is 202 Å². The van der Waals surface area contributed by atoms with E-state index >= 15 is 8.78 Å². The maximum Gasteiger partial charge on any atom is 0.172 e. The van der Waals surface area contributed by atoms with Gasteiger partial charge in [-0.1, -0.05) is 38.5 Å². The Morgan fingerprint density at radius 3 is 1.91 bits per heavy atom. The van der Waals surface area contributed by atoms with E-state index in [0.717, 1.165) is 30.6 Å². The van der Waals surface area contributed by atoms with Crippen LogP contribution in [0.4, 0.5) is 8.78 Å². The molecule has 3 aliphatic carbocycles. The molecule has 4 aliphatic rings.